The summed E-state index contributed by atoms with van der Waals surface area (Å²) in [4.78, 5) is 28.1. The fourth-order valence-electron chi connectivity index (χ4n) is 3.62. The van der Waals surface area contributed by atoms with Crippen LogP contribution in [0.1, 0.15) is 26.3 Å². The third-order valence-corrected chi connectivity index (χ3v) is 7.84. The van der Waals surface area contributed by atoms with Crippen LogP contribution in [0, 0.1) is 0 Å². The summed E-state index contributed by atoms with van der Waals surface area (Å²) in [5, 5.41) is 2.84. The van der Waals surface area contributed by atoms with E-state index in [9.17, 15) is 18.0 Å². The van der Waals surface area contributed by atoms with Crippen LogP contribution in [0.15, 0.2) is 94.3 Å². The van der Waals surface area contributed by atoms with Crippen LogP contribution in [0.5, 0.6) is 0 Å². The molecule has 9 heteroatoms. The SMILES string of the molecule is CC(C)NC(=O)C(C)N(Cc1ccc(Br)cc1)C(=O)CN(c1ccccc1)S(=O)(=O)c1ccccc1. The number of nitrogens with zero attached hydrogens (tertiary/aromatic N) is 2. The number of anilines is 1. The van der Waals surface area contributed by atoms with Crippen molar-refractivity contribution in [3.05, 3.63) is 95.0 Å². The lowest BCUT2D eigenvalue weighted by Crippen LogP contribution is -2.52. The highest BCUT2D eigenvalue weighted by molar-refractivity contribution is 9.10. The molecule has 0 saturated heterocycles. The summed E-state index contributed by atoms with van der Waals surface area (Å²) in [7, 11) is -4.05. The van der Waals surface area contributed by atoms with Gasteiger partial charge in [0.1, 0.15) is 12.6 Å². The highest BCUT2D eigenvalue weighted by Crippen LogP contribution is 2.24. The molecular weight excluding hydrogens is 542 g/mol. The van der Waals surface area contributed by atoms with E-state index in [0.29, 0.717) is 5.69 Å². The van der Waals surface area contributed by atoms with Crippen molar-refractivity contribution in [2.45, 2.75) is 44.3 Å². The Labute approximate surface area is 221 Å². The molecule has 36 heavy (non-hydrogen) atoms. The van der Waals surface area contributed by atoms with Crippen molar-refractivity contribution in [1.82, 2.24) is 10.2 Å². The standard InChI is InChI=1S/C27H30BrN3O4S/c1-20(2)29-27(33)21(3)30(18-22-14-16-23(28)17-15-22)26(32)19-31(24-10-6-4-7-11-24)36(34,35)25-12-8-5-9-13-25/h4-17,20-21H,18-19H2,1-3H3,(H,29,33). The van der Waals surface area contributed by atoms with Gasteiger partial charge in [-0.05, 0) is 62.7 Å². The molecule has 3 rings (SSSR count). The first-order valence-electron chi connectivity index (χ1n) is 11.6. The molecule has 2 amide bonds. The fourth-order valence-corrected chi connectivity index (χ4v) is 5.32. The molecule has 0 radical (unpaired) electrons. The molecule has 0 aliphatic carbocycles. The van der Waals surface area contributed by atoms with Gasteiger partial charge < -0.3 is 10.2 Å². The Morgan fingerprint density at radius 2 is 1.42 bits per heavy atom. The maximum Gasteiger partial charge on any atom is 0.264 e. The van der Waals surface area contributed by atoms with E-state index in [1.54, 1.807) is 55.5 Å². The van der Waals surface area contributed by atoms with Gasteiger partial charge in [-0.15, -0.1) is 0 Å². The Bertz CT molecular complexity index is 1270. The first kappa shape index (κ1) is 27.4. The van der Waals surface area contributed by atoms with Gasteiger partial charge in [0.2, 0.25) is 11.8 Å². The van der Waals surface area contributed by atoms with Crippen LogP contribution in [0.25, 0.3) is 0 Å². The summed E-state index contributed by atoms with van der Waals surface area (Å²) >= 11 is 3.40. The second-order valence-electron chi connectivity index (χ2n) is 8.65. The molecule has 1 N–H and O–H groups in total. The highest BCUT2D eigenvalue weighted by atomic mass is 79.9. The van der Waals surface area contributed by atoms with Crippen LogP contribution < -0.4 is 9.62 Å². The fraction of sp³-hybridized carbons (Fsp3) is 0.259. The van der Waals surface area contributed by atoms with Crippen molar-refractivity contribution in [1.29, 1.82) is 0 Å². The number of rotatable bonds is 10. The Hall–Kier alpha value is -3.17. The Kier molecular flexibility index (Phi) is 9.28. The molecule has 0 spiro atoms. The number of halogens is 1. The molecule has 0 aliphatic rings. The average Bonchev–Trinajstić information content (AvgIpc) is 2.87. The smallest absolute Gasteiger partial charge is 0.264 e. The third-order valence-electron chi connectivity index (χ3n) is 5.52. The second-order valence-corrected chi connectivity index (χ2v) is 11.4. The molecule has 1 unspecified atom stereocenters. The van der Waals surface area contributed by atoms with E-state index in [2.05, 4.69) is 21.2 Å². The molecular formula is C27H30BrN3O4S. The summed E-state index contributed by atoms with van der Waals surface area (Å²) < 4.78 is 29.2. The minimum absolute atomic E-state index is 0.0757. The van der Waals surface area contributed by atoms with Gasteiger partial charge in [0.25, 0.3) is 10.0 Å². The Balaban J connectivity index is 1.98. The quantitative estimate of drug-likeness (QED) is 0.385. The van der Waals surface area contributed by atoms with E-state index >= 15 is 0 Å². The van der Waals surface area contributed by atoms with Gasteiger partial charge >= 0.3 is 0 Å². The molecule has 7 nitrogen and oxygen atoms in total. The number of amides is 2. The highest BCUT2D eigenvalue weighted by Gasteiger charge is 2.32. The van der Waals surface area contributed by atoms with Gasteiger partial charge in [-0.3, -0.25) is 13.9 Å². The van der Waals surface area contributed by atoms with E-state index in [1.807, 2.05) is 38.1 Å². The lowest BCUT2D eigenvalue weighted by atomic mass is 10.1. The van der Waals surface area contributed by atoms with Gasteiger partial charge in [-0.25, -0.2) is 8.42 Å². The molecule has 0 heterocycles. The lowest BCUT2D eigenvalue weighted by molar-refractivity contribution is -0.139. The summed E-state index contributed by atoms with van der Waals surface area (Å²) in [6.07, 6.45) is 0. The van der Waals surface area contributed by atoms with Gasteiger partial charge in [-0.2, -0.15) is 0 Å². The van der Waals surface area contributed by atoms with E-state index in [-0.39, 0.29) is 23.4 Å². The van der Waals surface area contributed by atoms with Crippen molar-refractivity contribution >= 4 is 43.5 Å². The maximum absolute atomic E-state index is 13.7. The predicted molar refractivity (Wildman–Crippen MR) is 145 cm³/mol. The van der Waals surface area contributed by atoms with Crippen LogP contribution >= 0.6 is 15.9 Å². The third kappa shape index (κ3) is 6.95. The summed E-state index contributed by atoms with van der Waals surface area (Å²) in [6, 6.07) is 23.0. The van der Waals surface area contributed by atoms with Crippen LogP contribution in [0.2, 0.25) is 0 Å². The van der Waals surface area contributed by atoms with Crippen molar-refractivity contribution in [3.63, 3.8) is 0 Å². The molecule has 0 aromatic heterocycles. The molecule has 0 fully saturated rings. The summed E-state index contributed by atoms with van der Waals surface area (Å²) in [6.45, 7) is 5.01. The zero-order valence-electron chi connectivity index (χ0n) is 20.5. The monoisotopic (exact) mass is 571 g/mol. The predicted octanol–water partition coefficient (Wildman–Crippen LogP) is 4.59. The number of hydrogen-bond acceptors (Lipinski definition) is 4. The van der Waals surface area contributed by atoms with Gasteiger partial charge in [0.05, 0.1) is 10.6 Å². The normalized spacial score (nSPS) is 12.1. The molecule has 190 valence electrons. The molecule has 3 aromatic carbocycles. The number of hydrogen-bond donors (Lipinski definition) is 1. The van der Waals surface area contributed by atoms with Crippen LogP contribution in [0.4, 0.5) is 5.69 Å². The number of para-hydroxylation sites is 1. The number of carbonyl (C=O) groups excluding carboxylic acids is 2. The van der Waals surface area contributed by atoms with Crippen molar-refractivity contribution in [2.24, 2.45) is 0 Å². The number of sulfonamides is 1. The van der Waals surface area contributed by atoms with Crippen LogP contribution in [0.3, 0.4) is 0 Å². The van der Waals surface area contributed by atoms with E-state index in [1.165, 1.54) is 17.0 Å². The minimum atomic E-state index is -4.05. The molecule has 0 bridgehead atoms. The largest absolute Gasteiger partial charge is 0.352 e. The average molecular weight is 573 g/mol. The Morgan fingerprint density at radius 3 is 1.97 bits per heavy atom. The topological polar surface area (TPSA) is 86.8 Å². The van der Waals surface area contributed by atoms with E-state index in [0.717, 1.165) is 14.3 Å². The lowest BCUT2D eigenvalue weighted by Gasteiger charge is -2.32. The number of benzene rings is 3. The molecule has 3 aromatic rings. The van der Waals surface area contributed by atoms with Crippen LogP contribution in [-0.2, 0) is 26.2 Å². The van der Waals surface area contributed by atoms with Crippen molar-refractivity contribution < 1.29 is 18.0 Å². The maximum atomic E-state index is 13.7. The molecule has 0 saturated carbocycles. The number of carbonyl (C=O) groups is 2. The number of nitrogens with one attached hydrogen (secondary N) is 1. The van der Waals surface area contributed by atoms with E-state index in [4.69, 9.17) is 0 Å². The first-order valence-corrected chi connectivity index (χ1v) is 13.8. The molecule has 0 aliphatic heterocycles. The minimum Gasteiger partial charge on any atom is -0.352 e. The van der Waals surface area contributed by atoms with E-state index < -0.39 is 28.5 Å². The zero-order chi connectivity index (χ0) is 26.3. The van der Waals surface area contributed by atoms with Gasteiger partial charge in [-0.1, -0.05) is 64.5 Å². The first-order chi connectivity index (χ1) is 17.1. The molecule has 1 atom stereocenters. The summed E-state index contributed by atoms with van der Waals surface area (Å²) in [5.41, 5.74) is 1.17. The Morgan fingerprint density at radius 1 is 0.861 bits per heavy atom. The van der Waals surface area contributed by atoms with Gasteiger partial charge in [0, 0.05) is 17.1 Å². The van der Waals surface area contributed by atoms with Crippen molar-refractivity contribution in [2.75, 3.05) is 10.8 Å². The van der Waals surface area contributed by atoms with Crippen LogP contribution in [-0.4, -0.2) is 43.8 Å². The van der Waals surface area contributed by atoms with Gasteiger partial charge in [0.15, 0.2) is 0 Å². The van der Waals surface area contributed by atoms with Crippen molar-refractivity contribution in [3.8, 4) is 0 Å². The summed E-state index contributed by atoms with van der Waals surface area (Å²) in [5.74, 6) is -0.805. The zero-order valence-corrected chi connectivity index (χ0v) is 22.9. The second kappa shape index (κ2) is 12.2.